The minimum absolute atomic E-state index is 0.168. The minimum atomic E-state index is -0.168. The van der Waals surface area contributed by atoms with Gasteiger partial charge in [-0.25, -0.2) is 9.97 Å². The van der Waals surface area contributed by atoms with E-state index in [1.807, 2.05) is 6.07 Å². The van der Waals surface area contributed by atoms with E-state index in [1.165, 1.54) is 76.6 Å². The molecular formula is C69H46N4. The second kappa shape index (κ2) is 15.8. The summed E-state index contributed by atoms with van der Waals surface area (Å²) in [7, 11) is 0. The lowest BCUT2D eigenvalue weighted by Crippen LogP contribution is -2.14. The number of nitrogens with zero attached hydrogens (tertiary/aromatic N) is 4. The molecule has 0 saturated carbocycles. The molecular weight excluding hydrogens is 885 g/mol. The number of hydrogen-bond acceptors (Lipinski definition) is 2. The summed E-state index contributed by atoms with van der Waals surface area (Å²) in [5.41, 5.74) is 19.2. The summed E-state index contributed by atoms with van der Waals surface area (Å²) in [6.07, 6.45) is 0. The van der Waals surface area contributed by atoms with Crippen LogP contribution in [0.1, 0.15) is 25.0 Å². The van der Waals surface area contributed by atoms with Gasteiger partial charge >= 0.3 is 0 Å². The molecule has 1 aliphatic carbocycles. The van der Waals surface area contributed by atoms with E-state index in [4.69, 9.17) is 9.97 Å². The van der Waals surface area contributed by atoms with Crippen molar-refractivity contribution in [2.24, 2.45) is 0 Å². The Bertz CT molecular complexity index is 4350. The lowest BCUT2D eigenvalue weighted by Gasteiger charge is -2.22. The number of hydrogen-bond donors (Lipinski definition) is 0. The highest BCUT2D eigenvalue weighted by Crippen LogP contribution is 2.53. The summed E-state index contributed by atoms with van der Waals surface area (Å²) in [4.78, 5) is 10.7. The second-order valence-corrected chi connectivity index (χ2v) is 20.2. The summed E-state index contributed by atoms with van der Waals surface area (Å²) in [6, 6.07) is 88.6. The van der Waals surface area contributed by atoms with Gasteiger partial charge in [-0.05, 0) is 128 Å². The van der Waals surface area contributed by atoms with E-state index in [9.17, 15) is 0 Å². The Balaban J connectivity index is 0.891. The third-order valence-electron chi connectivity index (χ3n) is 15.6. The summed E-state index contributed by atoms with van der Waals surface area (Å²) in [5, 5.41) is 9.78. The van der Waals surface area contributed by atoms with Gasteiger partial charge in [0.1, 0.15) is 0 Å². The van der Waals surface area contributed by atoms with E-state index in [0.29, 0.717) is 5.82 Å². The number of rotatable bonds is 6. The lowest BCUT2D eigenvalue weighted by atomic mass is 9.81. The van der Waals surface area contributed by atoms with Gasteiger partial charge in [0.05, 0.1) is 33.5 Å². The van der Waals surface area contributed by atoms with E-state index >= 15 is 0 Å². The van der Waals surface area contributed by atoms with Crippen molar-refractivity contribution in [1.29, 1.82) is 0 Å². The predicted octanol–water partition coefficient (Wildman–Crippen LogP) is 18.0. The Hall–Kier alpha value is -9.38. The fourth-order valence-electron chi connectivity index (χ4n) is 12.1. The normalized spacial score (nSPS) is 12.9. The van der Waals surface area contributed by atoms with Crippen molar-refractivity contribution in [3.63, 3.8) is 0 Å². The van der Waals surface area contributed by atoms with Gasteiger partial charge in [-0.3, -0.25) is 0 Å². The van der Waals surface area contributed by atoms with Crippen LogP contribution in [0.2, 0.25) is 0 Å². The molecule has 0 unspecified atom stereocenters. The van der Waals surface area contributed by atoms with Crippen molar-refractivity contribution in [3.05, 3.63) is 254 Å². The first-order valence-corrected chi connectivity index (χ1v) is 25.2. The SMILES string of the molecule is CC1(C)c2cc3ccccc3cc2-c2c(-c3cc(-c4ccc5cc(-c6cc(-n7c8ccccc8c8ccccc87)cc(-n7c8ccccc8c8ccccc87)c6)ccc5c4)nc(-c4ccccc4)n3)cccc21. The number of fused-ring (bicyclic) bond motifs is 11. The minimum Gasteiger partial charge on any atom is -0.309 e. The van der Waals surface area contributed by atoms with Crippen LogP contribution in [0.15, 0.2) is 243 Å². The average molecular weight is 931 g/mol. The smallest absolute Gasteiger partial charge is 0.160 e. The standard InChI is InChI=1S/C69H46N4/c1-69(2)59-26-16-25-57(67(59)58-39-44-19-6-7-20-45(44)40-60(58)69)62-42-61(70-68(71-62)43-17-4-3-5-18-43)49-34-33-46-35-48(32-31-47(46)36-49)50-37-51(72-63-27-12-8-21-53(63)54-22-9-13-28-64(54)72)41-52(38-50)73-65-29-14-10-23-55(65)56-24-11-15-30-66(56)73/h3-42H,1-2H3. The summed E-state index contributed by atoms with van der Waals surface area (Å²) < 4.78 is 4.87. The highest BCUT2D eigenvalue weighted by molar-refractivity contribution is 6.11. The summed E-state index contributed by atoms with van der Waals surface area (Å²) in [6.45, 7) is 4.70. The molecule has 73 heavy (non-hydrogen) atoms. The Morgan fingerprint density at radius 3 is 1.41 bits per heavy atom. The highest BCUT2D eigenvalue weighted by Gasteiger charge is 2.37. The molecule has 14 aromatic rings. The van der Waals surface area contributed by atoms with Crippen LogP contribution in [0.25, 0.3) is 133 Å². The average Bonchev–Trinajstić information content (AvgIpc) is 4.05. The molecule has 3 heterocycles. The van der Waals surface area contributed by atoms with Gasteiger partial charge in [-0.15, -0.1) is 0 Å². The summed E-state index contributed by atoms with van der Waals surface area (Å²) >= 11 is 0. The van der Waals surface area contributed by atoms with Crippen molar-refractivity contribution in [2.75, 3.05) is 0 Å². The van der Waals surface area contributed by atoms with Crippen LogP contribution in [0.5, 0.6) is 0 Å². The Labute approximate surface area is 422 Å². The molecule has 0 bridgehead atoms. The Morgan fingerprint density at radius 1 is 0.315 bits per heavy atom. The maximum atomic E-state index is 5.37. The third-order valence-corrected chi connectivity index (χ3v) is 15.6. The number of para-hydroxylation sites is 4. The molecule has 0 spiro atoms. The molecule has 0 radical (unpaired) electrons. The van der Waals surface area contributed by atoms with Crippen molar-refractivity contribution in [3.8, 4) is 67.5 Å². The van der Waals surface area contributed by atoms with Gasteiger partial charge in [0.15, 0.2) is 5.82 Å². The van der Waals surface area contributed by atoms with Gasteiger partial charge in [0.2, 0.25) is 0 Å². The lowest BCUT2D eigenvalue weighted by molar-refractivity contribution is 0.661. The molecule has 0 aliphatic heterocycles. The van der Waals surface area contributed by atoms with E-state index in [0.717, 1.165) is 61.4 Å². The van der Waals surface area contributed by atoms with Gasteiger partial charge in [-0.2, -0.15) is 0 Å². The largest absolute Gasteiger partial charge is 0.309 e. The molecule has 342 valence electrons. The van der Waals surface area contributed by atoms with Crippen LogP contribution in [-0.4, -0.2) is 19.1 Å². The zero-order chi connectivity index (χ0) is 48.4. The van der Waals surface area contributed by atoms with Crippen LogP contribution in [0.4, 0.5) is 0 Å². The van der Waals surface area contributed by atoms with Gasteiger partial charge < -0.3 is 9.13 Å². The molecule has 0 amide bonds. The zero-order valence-electron chi connectivity index (χ0n) is 40.4. The molecule has 0 saturated heterocycles. The fraction of sp³-hybridized carbons (Fsp3) is 0.0435. The molecule has 0 fully saturated rings. The maximum Gasteiger partial charge on any atom is 0.160 e. The van der Waals surface area contributed by atoms with Crippen LogP contribution in [-0.2, 0) is 5.41 Å². The first kappa shape index (κ1) is 41.4. The van der Waals surface area contributed by atoms with E-state index in [-0.39, 0.29) is 5.41 Å². The Kier molecular flexibility index (Phi) is 8.97. The maximum absolute atomic E-state index is 5.37. The molecule has 0 N–H and O–H groups in total. The van der Waals surface area contributed by atoms with Crippen molar-refractivity contribution in [2.45, 2.75) is 19.3 Å². The quantitative estimate of drug-likeness (QED) is 0.167. The molecule has 1 aliphatic rings. The van der Waals surface area contributed by atoms with Crippen LogP contribution in [0, 0.1) is 0 Å². The number of benzene rings is 11. The third kappa shape index (κ3) is 6.40. The van der Waals surface area contributed by atoms with Gasteiger partial charge in [0, 0.05) is 55.0 Å². The molecule has 4 nitrogen and oxygen atoms in total. The monoisotopic (exact) mass is 930 g/mol. The summed E-state index contributed by atoms with van der Waals surface area (Å²) in [5.74, 6) is 0.708. The van der Waals surface area contributed by atoms with Gasteiger partial charge in [-0.1, -0.05) is 184 Å². The van der Waals surface area contributed by atoms with Crippen LogP contribution >= 0.6 is 0 Å². The first-order valence-electron chi connectivity index (χ1n) is 25.2. The molecule has 11 aromatic carbocycles. The highest BCUT2D eigenvalue weighted by atomic mass is 15.0. The molecule has 3 aromatic heterocycles. The van der Waals surface area contributed by atoms with Crippen molar-refractivity contribution < 1.29 is 0 Å². The molecule has 0 atom stereocenters. The Morgan fingerprint density at radius 2 is 0.808 bits per heavy atom. The molecule has 15 rings (SSSR count). The van der Waals surface area contributed by atoms with Crippen molar-refractivity contribution in [1.82, 2.24) is 19.1 Å². The van der Waals surface area contributed by atoms with Crippen molar-refractivity contribution >= 4 is 65.2 Å². The number of aromatic nitrogens is 4. The first-order chi connectivity index (χ1) is 35.9. The van der Waals surface area contributed by atoms with E-state index < -0.39 is 0 Å². The fourth-order valence-corrected chi connectivity index (χ4v) is 12.1. The van der Waals surface area contributed by atoms with Crippen LogP contribution in [0.3, 0.4) is 0 Å². The topological polar surface area (TPSA) is 35.6 Å². The van der Waals surface area contributed by atoms with Crippen LogP contribution < -0.4 is 0 Å². The predicted molar refractivity (Wildman–Crippen MR) is 305 cm³/mol. The zero-order valence-corrected chi connectivity index (χ0v) is 40.4. The van der Waals surface area contributed by atoms with E-state index in [1.54, 1.807) is 0 Å². The molecule has 4 heteroatoms. The van der Waals surface area contributed by atoms with Gasteiger partial charge in [0.25, 0.3) is 0 Å². The van der Waals surface area contributed by atoms with E-state index in [2.05, 4.69) is 260 Å². The second-order valence-electron chi connectivity index (χ2n) is 20.2.